The lowest BCUT2D eigenvalue weighted by Crippen LogP contribution is -2.09. The lowest BCUT2D eigenvalue weighted by atomic mass is 10.1. The molecule has 0 spiro atoms. The van der Waals surface area contributed by atoms with Gasteiger partial charge in [0.05, 0.1) is 5.56 Å². The minimum absolute atomic E-state index is 0.129. The molecule has 0 bridgehead atoms. The van der Waals surface area contributed by atoms with E-state index in [4.69, 9.17) is 10.5 Å². The Morgan fingerprint density at radius 2 is 1.80 bits per heavy atom. The van der Waals surface area contributed by atoms with Crippen LogP contribution >= 0.6 is 0 Å². The van der Waals surface area contributed by atoms with Gasteiger partial charge in [0, 0.05) is 5.69 Å². The lowest BCUT2D eigenvalue weighted by Gasteiger charge is -2.13. The van der Waals surface area contributed by atoms with Crippen LogP contribution < -0.4 is 10.5 Å². The van der Waals surface area contributed by atoms with Crippen LogP contribution in [0.4, 0.5) is 23.2 Å². The zero-order valence-electron chi connectivity index (χ0n) is 10.5. The number of ether oxygens (including phenoxy) is 1. The van der Waals surface area contributed by atoms with Crippen LogP contribution in [0.1, 0.15) is 11.1 Å². The van der Waals surface area contributed by atoms with Crippen molar-refractivity contribution in [2.75, 3.05) is 5.73 Å². The molecule has 2 nitrogen and oxygen atoms in total. The third kappa shape index (κ3) is 2.84. The van der Waals surface area contributed by atoms with E-state index in [9.17, 15) is 17.6 Å². The highest BCUT2D eigenvalue weighted by Crippen LogP contribution is 2.37. The molecule has 6 heteroatoms. The fourth-order valence-corrected chi connectivity index (χ4v) is 1.67. The van der Waals surface area contributed by atoms with Gasteiger partial charge in [-0.1, -0.05) is 12.1 Å². The summed E-state index contributed by atoms with van der Waals surface area (Å²) in [6.07, 6.45) is -4.59. The molecule has 2 aromatic carbocycles. The Labute approximate surface area is 112 Å². The Morgan fingerprint density at radius 1 is 1.10 bits per heavy atom. The number of nitrogens with two attached hydrogens (primary N) is 1. The second-order valence-electron chi connectivity index (χ2n) is 4.24. The molecule has 0 atom stereocenters. The van der Waals surface area contributed by atoms with E-state index in [1.165, 1.54) is 25.1 Å². The van der Waals surface area contributed by atoms with Gasteiger partial charge in [-0.3, -0.25) is 0 Å². The second-order valence-corrected chi connectivity index (χ2v) is 4.24. The quantitative estimate of drug-likeness (QED) is 0.650. The van der Waals surface area contributed by atoms with Gasteiger partial charge in [0.15, 0.2) is 11.6 Å². The summed E-state index contributed by atoms with van der Waals surface area (Å²) >= 11 is 0. The molecule has 2 N–H and O–H groups in total. The van der Waals surface area contributed by atoms with Gasteiger partial charge in [-0.25, -0.2) is 4.39 Å². The Hall–Kier alpha value is -2.24. The fourth-order valence-electron chi connectivity index (χ4n) is 1.67. The highest BCUT2D eigenvalue weighted by atomic mass is 19.4. The topological polar surface area (TPSA) is 35.2 Å². The predicted octanol–water partition coefficient (Wildman–Crippen LogP) is 4.53. The molecule has 0 fully saturated rings. The van der Waals surface area contributed by atoms with Gasteiger partial charge < -0.3 is 10.5 Å². The lowest BCUT2D eigenvalue weighted by molar-refractivity contribution is -0.137. The van der Waals surface area contributed by atoms with E-state index in [2.05, 4.69) is 0 Å². The number of hydrogen-bond donors (Lipinski definition) is 1. The fraction of sp³-hybridized carbons (Fsp3) is 0.143. The van der Waals surface area contributed by atoms with Crippen molar-refractivity contribution in [2.45, 2.75) is 13.1 Å². The van der Waals surface area contributed by atoms with Crippen molar-refractivity contribution in [3.63, 3.8) is 0 Å². The molecule has 0 aliphatic rings. The maximum atomic E-state index is 13.7. The molecule has 0 saturated heterocycles. The third-order valence-corrected chi connectivity index (χ3v) is 2.71. The van der Waals surface area contributed by atoms with Crippen molar-refractivity contribution in [3.8, 4) is 11.5 Å². The van der Waals surface area contributed by atoms with E-state index in [0.717, 1.165) is 12.1 Å². The van der Waals surface area contributed by atoms with Crippen LogP contribution in [0.3, 0.4) is 0 Å². The van der Waals surface area contributed by atoms with Crippen molar-refractivity contribution in [1.29, 1.82) is 0 Å². The summed E-state index contributed by atoms with van der Waals surface area (Å²) in [6.45, 7) is 1.53. The first-order valence-corrected chi connectivity index (χ1v) is 5.68. The van der Waals surface area contributed by atoms with Crippen LogP contribution in [0, 0.1) is 12.7 Å². The molecule has 2 aromatic rings. The summed E-state index contributed by atoms with van der Waals surface area (Å²) in [6, 6.07) is 7.50. The maximum Gasteiger partial charge on any atom is 0.418 e. The molecule has 0 aliphatic carbocycles. The van der Waals surface area contributed by atoms with Gasteiger partial charge >= 0.3 is 6.18 Å². The first-order valence-electron chi connectivity index (χ1n) is 5.68. The number of rotatable bonds is 2. The second kappa shape index (κ2) is 5.03. The number of anilines is 1. The van der Waals surface area contributed by atoms with Gasteiger partial charge in [0.2, 0.25) is 0 Å². The maximum absolute atomic E-state index is 13.7. The minimum atomic E-state index is -4.59. The molecule has 20 heavy (non-hydrogen) atoms. The summed E-state index contributed by atoms with van der Waals surface area (Å²) < 4.78 is 57.0. The van der Waals surface area contributed by atoms with E-state index < -0.39 is 23.2 Å². The van der Waals surface area contributed by atoms with Crippen LogP contribution in [-0.2, 0) is 6.18 Å². The normalized spacial score (nSPS) is 11.4. The van der Waals surface area contributed by atoms with Crippen molar-refractivity contribution in [1.82, 2.24) is 0 Å². The summed E-state index contributed by atoms with van der Waals surface area (Å²) in [5.74, 6) is -0.878. The average molecular weight is 285 g/mol. The summed E-state index contributed by atoms with van der Waals surface area (Å²) in [5.41, 5.74) is 4.20. The first-order chi connectivity index (χ1) is 9.29. The molecule has 106 valence electrons. The van der Waals surface area contributed by atoms with Gasteiger partial charge in [-0.2, -0.15) is 13.2 Å². The number of aryl methyl sites for hydroxylation is 1. The number of benzene rings is 2. The average Bonchev–Trinajstić information content (AvgIpc) is 2.36. The molecule has 0 amide bonds. The van der Waals surface area contributed by atoms with Gasteiger partial charge in [0.1, 0.15) is 5.75 Å². The largest absolute Gasteiger partial charge is 0.454 e. The highest BCUT2D eigenvalue weighted by Gasteiger charge is 2.33. The Morgan fingerprint density at radius 3 is 2.45 bits per heavy atom. The summed E-state index contributed by atoms with van der Waals surface area (Å²) in [4.78, 5) is 0. The Balaban J connectivity index is 2.38. The minimum Gasteiger partial charge on any atom is -0.454 e. The third-order valence-electron chi connectivity index (χ3n) is 2.71. The van der Waals surface area contributed by atoms with Crippen LogP contribution in [-0.4, -0.2) is 0 Å². The number of alkyl halides is 3. The molecule has 0 aromatic heterocycles. The van der Waals surface area contributed by atoms with E-state index >= 15 is 0 Å². The molecular weight excluding hydrogens is 274 g/mol. The van der Waals surface area contributed by atoms with E-state index in [0.29, 0.717) is 5.56 Å². The molecule has 0 radical (unpaired) electrons. The van der Waals surface area contributed by atoms with Gasteiger partial charge in [-0.15, -0.1) is 0 Å². The van der Waals surface area contributed by atoms with Crippen molar-refractivity contribution >= 4 is 5.69 Å². The van der Waals surface area contributed by atoms with Crippen molar-refractivity contribution in [2.24, 2.45) is 0 Å². The summed E-state index contributed by atoms with van der Waals surface area (Å²) in [5, 5.41) is 0. The Kier molecular flexibility index (Phi) is 3.57. The van der Waals surface area contributed by atoms with E-state index in [1.54, 1.807) is 6.07 Å². The van der Waals surface area contributed by atoms with Crippen LogP contribution in [0.5, 0.6) is 11.5 Å². The molecule has 2 rings (SSSR count). The van der Waals surface area contributed by atoms with Crippen molar-refractivity contribution in [3.05, 3.63) is 53.3 Å². The highest BCUT2D eigenvalue weighted by molar-refractivity contribution is 5.52. The standard InChI is InChI=1S/C14H11F4NO/c1-8-3-2-4-12(13(8)15)20-9-5-6-11(19)10(7-9)14(16,17)18/h2-7H,19H2,1H3. The number of halogens is 4. The zero-order chi connectivity index (χ0) is 14.9. The molecule has 0 unspecified atom stereocenters. The van der Waals surface area contributed by atoms with E-state index in [-0.39, 0.29) is 11.5 Å². The molecule has 0 aliphatic heterocycles. The van der Waals surface area contributed by atoms with Gasteiger partial charge in [0.25, 0.3) is 0 Å². The Bertz CT molecular complexity index is 638. The van der Waals surface area contributed by atoms with Crippen LogP contribution in [0.15, 0.2) is 36.4 Å². The summed E-state index contributed by atoms with van der Waals surface area (Å²) in [7, 11) is 0. The monoisotopic (exact) mass is 285 g/mol. The molecule has 0 saturated carbocycles. The smallest absolute Gasteiger partial charge is 0.418 e. The predicted molar refractivity (Wildman–Crippen MR) is 67.1 cm³/mol. The van der Waals surface area contributed by atoms with Gasteiger partial charge in [-0.05, 0) is 36.8 Å². The molecular formula is C14H11F4NO. The number of hydrogen-bond acceptors (Lipinski definition) is 2. The molecule has 0 heterocycles. The zero-order valence-corrected chi connectivity index (χ0v) is 10.5. The van der Waals surface area contributed by atoms with Crippen LogP contribution in [0.25, 0.3) is 0 Å². The number of nitrogen functional groups attached to an aromatic ring is 1. The SMILES string of the molecule is Cc1cccc(Oc2ccc(N)c(C(F)(F)F)c2)c1F. The van der Waals surface area contributed by atoms with Crippen molar-refractivity contribution < 1.29 is 22.3 Å². The first kappa shape index (κ1) is 14.2. The van der Waals surface area contributed by atoms with E-state index in [1.807, 2.05) is 0 Å². The van der Waals surface area contributed by atoms with Crippen LogP contribution in [0.2, 0.25) is 0 Å².